The van der Waals surface area contributed by atoms with Gasteiger partial charge in [0.2, 0.25) is 0 Å². The molecule has 1 aromatic heterocycles. The smallest absolute Gasteiger partial charge is 0.193 e. The molecule has 3 rings (SSSR count). The van der Waals surface area contributed by atoms with E-state index in [0.717, 1.165) is 18.7 Å². The van der Waals surface area contributed by atoms with Crippen molar-refractivity contribution in [2.45, 2.75) is 44.6 Å². The maximum Gasteiger partial charge on any atom is 0.193 e. The fourth-order valence-corrected chi connectivity index (χ4v) is 3.60. The standard InChI is InChI=1S/C18H22ClNO/c1-2-20-16(17-10-11-18(19)21-17)12-14-8-5-7-13-6-3-4-9-15(13)14/h3-4,6,9-11,14,16,20H,2,5,7-8,12H2,1H3. The summed E-state index contributed by atoms with van der Waals surface area (Å²) in [6, 6.07) is 12.9. The molecule has 21 heavy (non-hydrogen) atoms. The van der Waals surface area contributed by atoms with Crippen LogP contribution in [-0.4, -0.2) is 6.54 Å². The van der Waals surface area contributed by atoms with E-state index in [4.69, 9.17) is 16.0 Å². The molecule has 0 aliphatic heterocycles. The Labute approximate surface area is 131 Å². The highest BCUT2D eigenvalue weighted by atomic mass is 35.5. The second-order valence-corrected chi connectivity index (χ2v) is 6.15. The Bertz CT molecular complexity index is 592. The van der Waals surface area contributed by atoms with Gasteiger partial charge in [-0.25, -0.2) is 0 Å². The molecular formula is C18H22ClNO. The molecule has 2 atom stereocenters. The van der Waals surface area contributed by atoms with Gasteiger partial charge in [-0.05, 0) is 73.0 Å². The van der Waals surface area contributed by atoms with Crippen molar-refractivity contribution >= 4 is 11.6 Å². The van der Waals surface area contributed by atoms with E-state index < -0.39 is 0 Å². The normalized spacial score (nSPS) is 19.2. The third-order valence-electron chi connectivity index (χ3n) is 4.40. The van der Waals surface area contributed by atoms with Crippen LogP contribution in [0.3, 0.4) is 0 Å². The molecule has 1 heterocycles. The van der Waals surface area contributed by atoms with Crippen molar-refractivity contribution in [1.82, 2.24) is 5.32 Å². The minimum Gasteiger partial charge on any atom is -0.448 e. The van der Waals surface area contributed by atoms with Gasteiger partial charge in [-0.1, -0.05) is 31.2 Å². The van der Waals surface area contributed by atoms with Crippen LogP contribution in [0.4, 0.5) is 0 Å². The lowest BCUT2D eigenvalue weighted by Gasteiger charge is -2.28. The Morgan fingerprint density at radius 1 is 1.29 bits per heavy atom. The van der Waals surface area contributed by atoms with Gasteiger partial charge in [-0.3, -0.25) is 0 Å². The van der Waals surface area contributed by atoms with Gasteiger partial charge in [-0.2, -0.15) is 0 Å². The third-order valence-corrected chi connectivity index (χ3v) is 4.60. The van der Waals surface area contributed by atoms with Gasteiger partial charge in [-0.15, -0.1) is 0 Å². The van der Waals surface area contributed by atoms with Crippen molar-refractivity contribution in [3.63, 3.8) is 0 Å². The first-order chi connectivity index (χ1) is 10.3. The summed E-state index contributed by atoms with van der Waals surface area (Å²) in [7, 11) is 0. The molecular weight excluding hydrogens is 282 g/mol. The summed E-state index contributed by atoms with van der Waals surface area (Å²) in [5.74, 6) is 1.55. The number of aryl methyl sites for hydroxylation is 1. The van der Waals surface area contributed by atoms with E-state index >= 15 is 0 Å². The first-order valence-corrected chi connectivity index (χ1v) is 8.22. The van der Waals surface area contributed by atoms with Crippen LogP contribution >= 0.6 is 11.6 Å². The van der Waals surface area contributed by atoms with Crippen molar-refractivity contribution in [2.24, 2.45) is 0 Å². The molecule has 1 N–H and O–H groups in total. The van der Waals surface area contributed by atoms with E-state index in [1.54, 1.807) is 0 Å². The highest BCUT2D eigenvalue weighted by molar-refractivity contribution is 6.28. The fraction of sp³-hybridized carbons (Fsp3) is 0.444. The van der Waals surface area contributed by atoms with Crippen molar-refractivity contribution in [1.29, 1.82) is 0 Å². The monoisotopic (exact) mass is 303 g/mol. The topological polar surface area (TPSA) is 25.2 Å². The molecule has 112 valence electrons. The summed E-state index contributed by atoms with van der Waals surface area (Å²) in [6.07, 6.45) is 4.81. The molecule has 2 aromatic rings. The van der Waals surface area contributed by atoms with Gasteiger partial charge >= 0.3 is 0 Å². The first kappa shape index (κ1) is 14.7. The van der Waals surface area contributed by atoms with E-state index in [-0.39, 0.29) is 6.04 Å². The maximum absolute atomic E-state index is 5.93. The van der Waals surface area contributed by atoms with Gasteiger partial charge in [0.1, 0.15) is 5.76 Å². The molecule has 2 unspecified atom stereocenters. The highest BCUT2D eigenvalue weighted by Gasteiger charge is 2.25. The molecule has 0 spiro atoms. The zero-order chi connectivity index (χ0) is 14.7. The van der Waals surface area contributed by atoms with Crippen LogP contribution in [0, 0.1) is 0 Å². The minimum absolute atomic E-state index is 0.235. The molecule has 1 aromatic carbocycles. The van der Waals surface area contributed by atoms with E-state index in [2.05, 4.69) is 36.5 Å². The molecule has 2 nitrogen and oxygen atoms in total. The number of nitrogens with one attached hydrogen (secondary N) is 1. The zero-order valence-electron chi connectivity index (χ0n) is 12.4. The molecule has 0 amide bonds. The maximum atomic E-state index is 5.93. The molecule has 0 radical (unpaired) electrons. The Hall–Kier alpha value is -1.25. The summed E-state index contributed by atoms with van der Waals surface area (Å²) in [5.41, 5.74) is 3.03. The summed E-state index contributed by atoms with van der Waals surface area (Å²) in [4.78, 5) is 0. The SMILES string of the molecule is CCNC(CC1CCCc2ccccc21)c1ccc(Cl)o1. The van der Waals surface area contributed by atoms with Gasteiger partial charge in [0, 0.05) is 0 Å². The molecule has 0 bridgehead atoms. The van der Waals surface area contributed by atoms with Crippen LogP contribution in [0.5, 0.6) is 0 Å². The Balaban J connectivity index is 1.80. The average molecular weight is 304 g/mol. The first-order valence-electron chi connectivity index (χ1n) is 7.84. The lowest BCUT2D eigenvalue weighted by atomic mass is 9.79. The Morgan fingerprint density at radius 3 is 2.90 bits per heavy atom. The highest BCUT2D eigenvalue weighted by Crippen LogP contribution is 2.38. The van der Waals surface area contributed by atoms with E-state index in [9.17, 15) is 0 Å². The predicted molar refractivity (Wildman–Crippen MR) is 86.9 cm³/mol. The van der Waals surface area contributed by atoms with Crippen LogP contribution < -0.4 is 5.32 Å². The molecule has 0 saturated heterocycles. The Kier molecular flexibility index (Phi) is 4.67. The van der Waals surface area contributed by atoms with Crippen LogP contribution in [0.2, 0.25) is 5.22 Å². The van der Waals surface area contributed by atoms with E-state index in [1.807, 2.05) is 12.1 Å². The quantitative estimate of drug-likeness (QED) is 0.832. The number of benzene rings is 1. The van der Waals surface area contributed by atoms with Crippen molar-refractivity contribution in [3.8, 4) is 0 Å². The van der Waals surface area contributed by atoms with Gasteiger partial charge in [0.05, 0.1) is 6.04 Å². The number of rotatable bonds is 5. The number of hydrogen-bond donors (Lipinski definition) is 1. The van der Waals surface area contributed by atoms with Crippen molar-refractivity contribution in [3.05, 3.63) is 58.5 Å². The summed E-state index contributed by atoms with van der Waals surface area (Å²) < 4.78 is 5.63. The van der Waals surface area contributed by atoms with Crippen LogP contribution in [-0.2, 0) is 6.42 Å². The second-order valence-electron chi connectivity index (χ2n) is 5.78. The van der Waals surface area contributed by atoms with E-state index in [1.165, 1.54) is 30.4 Å². The Morgan fingerprint density at radius 2 is 2.14 bits per heavy atom. The average Bonchev–Trinajstić information content (AvgIpc) is 2.94. The zero-order valence-corrected chi connectivity index (χ0v) is 13.2. The largest absolute Gasteiger partial charge is 0.448 e. The van der Waals surface area contributed by atoms with Gasteiger partial charge < -0.3 is 9.73 Å². The fourth-order valence-electron chi connectivity index (χ4n) is 3.45. The molecule has 0 saturated carbocycles. The lowest BCUT2D eigenvalue weighted by molar-refractivity contribution is 0.365. The lowest BCUT2D eigenvalue weighted by Crippen LogP contribution is -2.24. The van der Waals surface area contributed by atoms with Crippen molar-refractivity contribution in [2.75, 3.05) is 6.54 Å². The van der Waals surface area contributed by atoms with Crippen LogP contribution in [0.1, 0.15) is 55.0 Å². The number of halogens is 1. The molecule has 3 heteroatoms. The molecule has 1 aliphatic carbocycles. The van der Waals surface area contributed by atoms with Crippen LogP contribution in [0.25, 0.3) is 0 Å². The summed E-state index contributed by atoms with van der Waals surface area (Å²) in [6.45, 7) is 3.06. The second kappa shape index (κ2) is 6.67. The van der Waals surface area contributed by atoms with Gasteiger partial charge in [0.15, 0.2) is 5.22 Å². The number of hydrogen-bond acceptors (Lipinski definition) is 2. The van der Waals surface area contributed by atoms with Crippen LogP contribution in [0.15, 0.2) is 40.8 Å². The predicted octanol–water partition coefficient (Wildman–Crippen LogP) is 5.09. The number of furan rings is 1. The minimum atomic E-state index is 0.235. The van der Waals surface area contributed by atoms with E-state index in [0.29, 0.717) is 11.1 Å². The third kappa shape index (κ3) is 3.33. The summed E-state index contributed by atoms with van der Waals surface area (Å²) >= 11 is 5.93. The number of fused-ring (bicyclic) bond motifs is 1. The van der Waals surface area contributed by atoms with Crippen molar-refractivity contribution < 1.29 is 4.42 Å². The molecule has 1 aliphatic rings. The molecule has 0 fully saturated rings. The van der Waals surface area contributed by atoms with Gasteiger partial charge in [0.25, 0.3) is 0 Å². The summed E-state index contributed by atoms with van der Waals surface area (Å²) in [5, 5.41) is 4.01.